The highest BCUT2D eigenvalue weighted by molar-refractivity contribution is 8.19. The van der Waals surface area contributed by atoms with E-state index in [0.29, 0.717) is 16.8 Å². The number of hydrogen-bond acceptors (Lipinski definition) is 4. The van der Waals surface area contributed by atoms with E-state index in [4.69, 9.17) is 4.74 Å². The zero-order chi connectivity index (χ0) is 16.1. The van der Waals surface area contributed by atoms with Gasteiger partial charge in [-0.15, -0.1) is 23.5 Å². The molecule has 1 N–H and O–H groups in total. The van der Waals surface area contributed by atoms with E-state index in [1.807, 2.05) is 66.8 Å². The number of carbonyl (C=O) groups is 1. The van der Waals surface area contributed by atoms with Gasteiger partial charge in [-0.2, -0.15) is 0 Å². The molecule has 3 rings (SSSR count). The Bertz CT molecular complexity index is 650. The highest BCUT2D eigenvalue weighted by Crippen LogP contribution is 2.45. The normalized spacial score (nSPS) is 14.7. The van der Waals surface area contributed by atoms with Crippen LogP contribution in [0.4, 0.5) is 5.69 Å². The smallest absolute Gasteiger partial charge is 0.255 e. The molecular weight excluding hydrogens is 326 g/mol. The van der Waals surface area contributed by atoms with Crippen molar-refractivity contribution in [1.29, 1.82) is 0 Å². The predicted molar refractivity (Wildman–Crippen MR) is 99.7 cm³/mol. The Morgan fingerprint density at radius 3 is 2.35 bits per heavy atom. The van der Waals surface area contributed by atoms with Crippen LogP contribution in [0.15, 0.2) is 48.5 Å². The van der Waals surface area contributed by atoms with Crippen molar-refractivity contribution < 1.29 is 9.53 Å². The molecule has 2 aromatic rings. The van der Waals surface area contributed by atoms with Gasteiger partial charge in [0.15, 0.2) is 0 Å². The van der Waals surface area contributed by atoms with E-state index in [1.165, 1.54) is 17.1 Å². The molecule has 2 aromatic carbocycles. The van der Waals surface area contributed by atoms with Crippen molar-refractivity contribution in [3.63, 3.8) is 0 Å². The van der Waals surface area contributed by atoms with Gasteiger partial charge < -0.3 is 10.1 Å². The Balaban J connectivity index is 1.63. The Morgan fingerprint density at radius 2 is 1.74 bits per heavy atom. The van der Waals surface area contributed by atoms with Crippen molar-refractivity contribution in [2.24, 2.45) is 0 Å². The van der Waals surface area contributed by atoms with Crippen LogP contribution < -0.4 is 10.1 Å². The Hall–Kier alpha value is -1.59. The number of nitrogens with one attached hydrogen (secondary N) is 1. The molecule has 0 unspecified atom stereocenters. The van der Waals surface area contributed by atoms with Crippen molar-refractivity contribution >= 4 is 35.1 Å². The quantitative estimate of drug-likeness (QED) is 0.843. The topological polar surface area (TPSA) is 38.3 Å². The molecule has 1 heterocycles. The summed E-state index contributed by atoms with van der Waals surface area (Å²) >= 11 is 3.94. The maximum absolute atomic E-state index is 12.3. The second-order valence-electron chi connectivity index (χ2n) is 5.11. The van der Waals surface area contributed by atoms with Crippen LogP contribution in [0.5, 0.6) is 5.75 Å². The summed E-state index contributed by atoms with van der Waals surface area (Å²) in [6.07, 6.45) is 0. The number of hydrogen-bond donors (Lipinski definition) is 1. The molecule has 23 heavy (non-hydrogen) atoms. The Morgan fingerprint density at radius 1 is 1.09 bits per heavy atom. The minimum absolute atomic E-state index is 0.0903. The molecule has 0 radical (unpaired) electrons. The van der Waals surface area contributed by atoms with Crippen molar-refractivity contribution in [1.82, 2.24) is 0 Å². The molecule has 0 spiro atoms. The van der Waals surface area contributed by atoms with E-state index >= 15 is 0 Å². The first kappa shape index (κ1) is 16.3. The van der Waals surface area contributed by atoms with E-state index in [2.05, 4.69) is 17.4 Å². The molecule has 1 aliphatic rings. The van der Waals surface area contributed by atoms with Gasteiger partial charge in [0.2, 0.25) is 0 Å². The van der Waals surface area contributed by atoms with E-state index in [1.54, 1.807) is 0 Å². The maximum Gasteiger partial charge on any atom is 0.255 e. The van der Waals surface area contributed by atoms with Gasteiger partial charge in [-0.25, -0.2) is 0 Å². The van der Waals surface area contributed by atoms with Gasteiger partial charge in [0.25, 0.3) is 5.91 Å². The lowest BCUT2D eigenvalue weighted by Gasteiger charge is -2.10. The second kappa shape index (κ2) is 7.79. The highest BCUT2D eigenvalue weighted by Gasteiger charge is 2.18. The zero-order valence-corrected chi connectivity index (χ0v) is 14.6. The Labute approximate surface area is 145 Å². The fourth-order valence-corrected chi connectivity index (χ4v) is 5.21. The number of anilines is 1. The lowest BCUT2D eigenvalue weighted by atomic mass is 10.1. The minimum Gasteiger partial charge on any atom is -0.494 e. The summed E-state index contributed by atoms with van der Waals surface area (Å²) in [6.45, 7) is 2.58. The molecule has 1 fully saturated rings. The molecule has 0 aliphatic carbocycles. The summed E-state index contributed by atoms with van der Waals surface area (Å²) in [5, 5.41) is 2.91. The monoisotopic (exact) mass is 345 g/mol. The molecule has 5 heteroatoms. The van der Waals surface area contributed by atoms with Crippen molar-refractivity contribution in [2.45, 2.75) is 11.5 Å². The molecule has 1 saturated heterocycles. The van der Waals surface area contributed by atoms with Crippen molar-refractivity contribution in [3.05, 3.63) is 59.7 Å². The van der Waals surface area contributed by atoms with Crippen molar-refractivity contribution in [2.75, 3.05) is 23.4 Å². The summed E-state index contributed by atoms with van der Waals surface area (Å²) in [4.78, 5) is 12.3. The Kier molecular flexibility index (Phi) is 5.51. The number of benzene rings is 2. The molecule has 0 saturated carbocycles. The third-order valence-electron chi connectivity index (χ3n) is 3.49. The number of carbonyl (C=O) groups excluding carboxylic acids is 1. The number of ether oxygens (including phenoxy) is 1. The van der Waals surface area contributed by atoms with Gasteiger partial charge in [-0.05, 0) is 48.9 Å². The molecule has 0 aromatic heterocycles. The molecule has 0 atom stereocenters. The molecular formula is C18H19NO2S2. The number of thioether (sulfide) groups is 2. The van der Waals surface area contributed by atoms with Crippen LogP contribution in [0.25, 0.3) is 0 Å². The lowest BCUT2D eigenvalue weighted by molar-refractivity contribution is 0.102. The van der Waals surface area contributed by atoms with Gasteiger partial charge >= 0.3 is 0 Å². The minimum atomic E-state index is -0.0903. The van der Waals surface area contributed by atoms with Crippen LogP contribution in [0, 0.1) is 0 Å². The van der Waals surface area contributed by atoms with E-state index < -0.39 is 0 Å². The average Bonchev–Trinajstić information content (AvgIpc) is 3.11. The summed E-state index contributed by atoms with van der Waals surface area (Å²) in [5.41, 5.74) is 2.73. The van der Waals surface area contributed by atoms with Crippen LogP contribution in [0.1, 0.15) is 27.4 Å². The standard InChI is InChI=1S/C18H19NO2S2/c1-2-21-16-9-7-15(8-10-16)19-17(20)13-3-5-14(6-4-13)18-22-11-12-23-18/h3-10,18H,2,11-12H2,1H3,(H,19,20). The summed E-state index contributed by atoms with van der Waals surface area (Å²) in [5.74, 6) is 3.12. The van der Waals surface area contributed by atoms with Gasteiger partial charge in [0.05, 0.1) is 11.2 Å². The van der Waals surface area contributed by atoms with Gasteiger partial charge in [-0.3, -0.25) is 4.79 Å². The summed E-state index contributed by atoms with van der Waals surface area (Å²) in [6, 6.07) is 15.3. The molecule has 1 amide bonds. The van der Waals surface area contributed by atoms with Gasteiger partial charge in [-0.1, -0.05) is 12.1 Å². The first-order chi connectivity index (χ1) is 11.3. The summed E-state index contributed by atoms with van der Waals surface area (Å²) < 4.78 is 5.91. The van der Waals surface area contributed by atoms with E-state index in [-0.39, 0.29) is 5.91 Å². The third kappa shape index (κ3) is 4.24. The first-order valence-corrected chi connectivity index (χ1v) is 9.73. The third-order valence-corrected chi connectivity index (χ3v) is 6.59. The molecule has 3 nitrogen and oxygen atoms in total. The van der Waals surface area contributed by atoms with Crippen LogP contribution >= 0.6 is 23.5 Å². The number of amides is 1. The van der Waals surface area contributed by atoms with Crippen LogP contribution in [0.2, 0.25) is 0 Å². The van der Waals surface area contributed by atoms with Gasteiger partial charge in [0.1, 0.15) is 5.75 Å². The first-order valence-electron chi connectivity index (χ1n) is 7.63. The zero-order valence-electron chi connectivity index (χ0n) is 13.0. The summed E-state index contributed by atoms with van der Waals surface area (Å²) in [7, 11) is 0. The average molecular weight is 345 g/mol. The van der Waals surface area contributed by atoms with E-state index in [0.717, 1.165) is 11.4 Å². The fourth-order valence-electron chi connectivity index (χ4n) is 2.35. The van der Waals surface area contributed by atoms with Gasteiger partial charge in [0, 0.05) is 22.8 Å². The lowest BCUT2D eigenvalue weighted by Crippen LogP contribution is -2.11. The van der Waals surface area contributed by atoms with Crippen molar-refractivity contribution in [3.8, 4) is 5.75 Å². The molecule has 120 valence electrons. The fraction of sp³-hybridized carbons (Fsp3) is 0.278. The predicted octanol–water partition coefficient (Wildman–Crippen LogP) is 4.82. The van der Waals surface area contributed by atoms with Crippen LogP contribution in [0.3, 0.4) is 0 Å². The molecule has 0 bridgehead atoms. The second-order valence-corrected chi connectivity index (χ2v) is 7.83. The van der Waals surface area contributed by atoms with E-state index in [9.17, 15) is 4.79 Å². The highest BCUT2D eigenvalue weighted by atomic mass is 32.2. The van der Waals surface area contributed by atoms with Crippen LogP contribution in [-0.4, -0.2) is 24.0 Å². The maximum atomic E-state index is 12.3. The molecule has 1 aliphatic heterocycles. The van der Waals surface area contributed by atoms with Crippen LogP contribution in [-0.2, 0) is 0 Å². The largest absolute Gasteiger partial charge is 0.494 e. The number of rotatable bonds is 5. The SMILES string of the molecule is CCOc1ccc(NC(=O)c2ccc(C3SCCS3)cc2)cc1.